The van der Waals surface area contributed by atoms with Crippen LogP contribution in [0.25, 0.3) is 0 Å². The van der Waals surface area contributed by atoms with Gasteiger partial charge in [-0.15, -0.1) is 0 Å². The Morgan fingerprint density at radius 3 is 2.74 bits per heavy atom. The van der Waals surface area contributed by atoms with E-state index >= 15 is 0 Å². The fourth-order valence-corrected chi connectivity index (χ4v) is 4.93. The van der Waals surface area contributed by atoms with Gasteiger partial charge in [-0.25, -0.2) is 8.42 Å². The van der Waals surface area contributed by atoms with Crippen molar-refractivity contribution in [3.63, 3.8) is 0 Å². The van der Waals surface area contributed by atoms with Crippen molar-refractivity contribution in [2.24, 2.45) is 0 Å². The third kappa shape index (κ3) is 4.31. The average molecular weight is 429 g/mol. The van der Waals surface area contributed by atoms with Gasteiger partial charge in [-0.1, -0.05) is 35.3 Å². The maximum absolute atomic E-state index is 12.8. The number of ether oxygens (including phenoxy) is 1. The summed E-state index contributed by atoms with van der Waals surface area (Å²) in [6.45, 7) is 0.425. The molecule has 0 aromatic heterocycles. The number of benzene rings is 2. The average Bonchev–Trinajstić information content (AvgIpc) is 2.67. The van der Waals surface area contributed by atoms with E-state index in [1.807, 2.05) is 17.0 Å². The zero-order chi connectivity index (χ0) is 19.6. The van der Waals surface area contributed by atoms with Crippen molar-refractivity contribution in [3.8, 4) is 5.75 Å². The monoisotopic (exact) mass is 428 g/mol. The molecule has 1 aliphatic heterocycles. The van der Waals surface area contributed by atoms with Crippen molar-refractivity contribution in [2.75, 3.05) is 30.8 Å². The molecule has 0 bridgehead atoms. The van der Waals surface area contributed by atoms with Crippen LogP contribution in [0.15, 0.2) is 47.4 Å². The molecule has 3 rings (SSSR count). The minimum atomic E-state index is -3.66. The van der Waals surface area contributed by atoms with E-state index in [-0.39, 0.29) is 34.7 Å². The van der Waals surface area contributed by atoms with Crippen molar-refractivity contribution >= 4 is 44.6 Å². The maximum atomic E-state index is 12.8. The first-order chi connectivity index (χ1) is 12.8. The smallest absolute Gasteiger partial charge is 0.262 e. The SMILES string of the molecule is CNC(=O)C1CN(CCS(=O)(=O)c2cc(Cl)ccc2Cl)c2ccccc2O1. The lowest BCUT2D eigenvalue weighted by Gasteiger charge is -2.35. The van der Waals surface area contributed by atoms with Crippen LogP contribution in [0.4, 0.5) is 5.69 Å². The second-order valence-electron chi connectivity index (χ2n) is 6.03. The zero-order valence-corrected chi connectivity index (χ0v) is 16.8. The van der Waals surface area contributed by atoms with Crippen LogP contribution in [0.5, 0.6) is 5.75 Å². The van der Waals surface area contributed by atoms with Gasteiger partial charge >= 0.3 is 0 Å². The summed E-state index contributed by atoms with van der Waals surface area (Å²) in [6.07, 6.45) is -0.720. The van der Waals surface area contributed by atoms with Crippen LogP contribution in [0.2, 0.25) is 10.0 Å². The molecule has 1 aliphatic rings. The number of carbonyl (C=O) groups excluding carboxylic acids is 1. The van der Waals surface area contributed by atoms with Crippen molar-refractivity contribution in [2.45, 2.75) is 11.0 Å². The maximum Gasteiger partial charge on any atom is 0.262 e. The van der Waals surface area contributed by atoms with Crippen molar-refractivity contribution in [1.82, 2.24) is 5.32 Å². The van der Waals surface area contributed by atoms with Gasteiger partial charge in [-0.05, 0) is 30.3 Å². The van der Waals surface area contributed by atoms with Gasteiger partial charge in [-0.3, -0.25) is 4.79 Å². The molecule has 1 amide bonds. The fourth-order valence-electron chi connectivity index (χ4n) is 2.87. The van der Waals surface area contributed by atoms with E-state index < -0.39 is 15.9 Å². The van der Waals surface area contributed by atoms with Gasteiger partial charge in [-0.2, -0.15) is 0 Å². The lowest BCUT2D eigenvalue weighted by Crippen LogP contribution is -2.49. The second kappa shape index (κ2) is 7.96. The Morgan fingerprint density at radius 2 is 2.00 bits per heavy atom. The summed E-state index contributed by atoms with van der Waals surface area (Å²) in [5.41, 5.74) is 0.741. The molecule has 0 aliphatic carbocycles. The van der Waals surface area contributed by atoms with Gasteiger partial charge in [0.05, 0.1) is 27.9 Å². The molecule has 2 aromatic carbocycles. The van der Waals surface area contributed by atoms with E-state index in [0.717, 1.165) is 5.69 Å². The first-order valence-electron chi connectivity index (χ1n) is 8.22. The standard InChI is InChI=1S/C18H18Cl2N2O4S/c1-21-18(23)16-11-22(14-4-2-3-5-15(14)26-16)8-9-27(24,25)17-10-12(19)6-7-13(17)20/h2-7,10,16H,8-9,11H2,1H3,(H,21,23). The van der Waals surface area contributed by atoms with Crippen LogP contribution in [-0.2, 0) is 14.6 Å². The number of hydrogen-bond donors (Lipinski definition) is 1. The highest BCUT2D eigenvalue weighted by molar-refractivity contribution is 7.91. The van der Waals surface area contributed by atoms with E-state index in [9.17, 15) is 13.2 Å². The number of para-hydroxylation sites is 2. The third-order valence-corrected chi connectivity index (χ3v) is 6.66. The quantitative estimate of drug-likeness (QED) is 0.791. The Bertz CT molecular complexity index is 966. The summed E-state index contributed by atoms with van der Waals surface area (Å²) < 4.78 is 31.2. The Hall–Kier alpha value is -1.96. The van der Waals surface area contributed by atoms with Crippen LogP contribution < -0.4 is 15.0 Å². The Kier molecular flexibility index (Phi) is 5.83. The number of fused-ring (bicyclic) bond motifs is 1. The molecule has 27 heavy (non-hydrogen) atoms. The molecular weight excluding hydrogens is 411 g/mol. The molecule has 1 heterocycles. The normalized spacial score (nSPS) is 16.4. The first-order valence-corrected chi connectivity index (χ1v) is 10.6. The van der Waals surface area contributed by atoms with Gasteiger partial charge in [0.25, 0.3) is 5.91 Å². The Balaban J connectivity index is 1.84. The summed E-state index contributed by atoms with van der Waals surface area (Å²) in [4.78, 5) is 13.8. The van der Waals surface area contributed by atoms with Gasteiger partial charge in [0.2, 0.25) is 0 Å². The van der Waals surface area contributed by atoms with Crippen LogP contribution in [-0.4, -0.2) is 46.3 Å². The topological polar surface area (TPSA) is 75.7 Å². The van der Waals surface area contributed by atoms with Gasteiger partial charge < -0.3 is 15.0 Å². The number of hydrogen-bond acceptors (Lipinski definition) is 5. The van der Waals surface area contributed by atoms with E-state index in [1.165, 1.54) is 25.2 Å². The Labute approximate surface area is 167 Å². The molecule has 0 spiro atoms. The lowest BCUT2D eigenvalue weighted by atomic mass is 10.2. The molecule has 0 saturated carbocycles. The van der Waals surface area contributed by atoms with Crippen molar-refractivity contribution in [1.29, 1.82) is 0 Å². The summed E-state index contributed by atoms with van der Waals surface area (Å²) in [5.74, 6) is 0.0905. The number of rotatable bonds is 5. The second-order valence-corrected chi connectivity index (χ2v) is 8.95. The number of likely N-dealkylation sites (N-methyl/N-ethyl adjacent to an activating group) is 1. The van der Waals surface area contributed by atoms with Crippen molar-refractivity contribution in [3.05, 3.63) is 52.5 Å². The molecule has 9 heteroatoms. The minimum Gasteiger partial charge on any atom is -0.477 e. The third-order valence-electron chi connectivity index (χ3n) is 4.26. The molecule has 1 N–H and O–H groups in total. The predicted octanol–water partition coefficient (Wildman–Crippen LogP) is 2.78. The number of halogens is 2. The molecule has 1 unspecified atom stereocenters. The highest BCUT2D eigenvalue weighted by atomic mass is 35.5. The highest BCUT2D eigenvalue weighted by Crippen LogP contribution is 2.33. The molecule has 0 fully saturated rings. The number of amides is 1. The molecule has 1 atom stereocenters. The van der Waals surface area contributed by atoms with Crippen LogP contribution >= 0.6 is 23.2 Å². The summed E-state index contributed by atoms with van der Waals surface area (Å²) in [5, 5.41) is 2.99. The van der Waals surface area contributed by atoms with E-state index in [2.05, 4.69) is 5.32 Å². The number of nitrogens with zero attached hydrogens (tertiary/aromatic N) is 1. The predicted molar refractivity (Wildman–Crippen MR) is 106 cm³/mol. The molecular formula is C18H18Cl2N2O4S. The van der Waals surface area contributed by atoms with E-state index in [0.29, 0.717) is 10.8 Å². The van der Waals surface area contributed by atoms with E-state index in [4.69, 9.17) is 27.9 Å². The zero-order valence-electron chi connectivity index (χ0n) is 14.5. The minimum absolute atomic E-state index is 0.000984. The Morgan fingerprint density at radius 1 is 1.26 bits per heavy atom. The number of sulfone groups is 1. The van der Waals surface area contributed by atoms with E-state index in [1.54, 1.807) is 12.1 Å². The highest BCUT2D eigenvalue weighted by Gasteiger charge is 2.31. The van der Waals surface area contributed by atoms with Crippen LogP contribution in [0.1, 0.15) is 0 Å². The van der Waals surface area contributed by atoms with Gasteiger partial charge in [0.1, 0.15) is 5.75 Å². The molecule has 144 valence electrons. The van der Waals surface area contributed by atoms with Crippen LogP contribution in [0, 0.1) is 0 Å². The van der Waals surface area contributed by atoms with Gasteiger partial charge in [0.15, 0.2) is 15.9 Å². The number of anilines is 1. The lowest BCUT2D eigenvalue weighted by molar-refractivity contribution is -0.127. The van der Waals surface area contributed by atoms with Crippen molar-refractivity contribution < 1.29 is 17.9 Å². The largest absolute Gasteiger partial charge is 0.477 e. The number of carbonyl (C=O) groups is 1. The van der Waals surface area contributed by atoms with Gasteiger partial charge in [0, 0.05) is 18.6 Å². The fraction of sp³-hybridized carbons (Fsp3) is 0.278. The van der Waals surface area contributed by atoms with Crippen LogP contribution in [0.3, 0.4) is 0 Å². The molecule has 2 aromatic rings. The molecule has 0 saturated heterocycles. The first kappa shape index (κ1) is 19.8. The summed E-state index contributed by atoms with van der Waals surface area (Å²) >= 11 is 12.0. The molecule has 0 radical (unpaired) electrons. The summed E-state index contributed by atoms with van der Waals surface area (Å²) in [6, 6.07) is 11.6. The summed E-state index contributed by atoms with van der Waals surface area (Å²) in [7, 11) is -2.13. The molecule has 6 nitrogen and oxygen atoms in total. The number of nitrogens with one attached hydrogen (secondary N) is 1.